The number of carbonyl (C=O) groups is 1. The number of benzene rings is 1. The van der Waals surface area contributed by atoms with Gasteiger partial charge in [-0.2, -0.15) is 5.10 Å². The Morgan fingerprint density at radius 1 is 1.30 bits per heavy atom. The molecule has 1 aliphatic rings. The summed E-state index contributed by atoms with van der Waals surface area (Å²) in [6, 6.07) is 8.27. The van der Waals surface area contributed by atoms with Crippen LogP contribution in [0, 0.1) is 0 Å². The van der Waals surface area contributed by atoms with Crippen LogP contribution in [0.25, 0.3) is 0 Å². The number of aryl methyl sites for hydroxylation is 1. The van der Waals surface area contributed by atoms with Crippen LogP contribution in [0.5, 0.6) is 0 Å². The molecule has 0 radical (unpaired) electrons. The summed E-state index contributed by atoms with van der Waals surface area (Å²) in [6.45, 7) is 0.635. The number of fused-ring (bicyclic) bond motifs is 1. The molecular formula is C14H14N4O2. The fourth-order valence-corrected chi connectivity index (χ4v) is 2.43. The molecule has 1 aliphatic heterocycles. The summed E-state index contributed by atoms with van der Waals surface area (Å²) in [5.74, 6) is -0.216. The van der Waals surface area contributed by atoms with Crippen molar-refractivity contribution in [3.63, 3.8) is 0 Å². The van der Waals surface area contributed by atoms with Crippen LogP contribution in [0.3, 0.4) is 0 Å². The number of nitrogen functional groups attached to an aromatic ring is 1. The normalized spacial score (nSPS) is 13.9. The lowest BCUT2D eigenvalue weighted by molar-refractivity contribution is 0.0979. The Labute approximate surface area is 115 Å². The third-order valence-electron chi connectivity index (χ3n) is 3.37. The van der Waals surface area contributed by atoms with E-state index in [1.54, 1.807) is 11.0 Å². The molecule has 3 N–H and O–H groups in total. The largest absolute Gasteiger partial charge is 0.399 e. The number of aromatic amines is 1. The second-order valence-corrected chi connectivity index (χ2v) is 4.75. The van der Waals surface area contributed by atoms with Gasteiger partial charge in [0.15, 0.2) is 0 Å². The number of nitrogens with zero attached hydrogens (tertiary/aromatic N) is 2. The lowest BCUT2D eigenvalue weighted by atomic mass is 10.0. The number of H-pyrrole nitrogens is 1. The van der Waals surface area contributed by atoms with E-state index in [0.29, 0.717) is 12.2 Å². The van der Waals surface area contributed by atoms with Crippen molar-refractivity contribution in [2.75, 3.05) is 17.2 Å². The van der Waals surface area contributed by atoms with Crippen molar-refractivity contribution in [1.29, 1.82) is 0 Å². The van der Waals surface area contributed by atoms with Crippen LogP contribution in [0.1, 0.15) is 22.5 Å². The number of rotatable bonds is 1. The second-order valence-electron chi connectivity index (χ2n) is 4.75. The van der Waals surface area contributed by atoms with Gasteiger partial charge < -0.3 is 10.6 Å². The molecule has 6 heteroatoms. The molecule has 1 aromatic heterocycles. The summed E-state index contributed by atoms with van der Waals surface area (Å²) < 4.78 is 0. The summed E-state index contributed by atoms with van der Waals surface area (Å²) in [7, 11) is 0. The maximum absolute atomic E-state index is 12.5. The maximum Gasteiger partial charge on any atom is 0.278 e. The molecule has 0 fully saturated rings. The molecule has 0 spiro atoms. The van der Waals surface area contributed by atoms with Gasteiger partial charge in [0, 0.05) is 24.0 Å². The van der Waals surface area contributed by atoms with Gasteiger partial charge in [-0.25, -0.2) is 5.10 Å². The SMILES string of the molecule is Nc1ccc2c(c1)CCCN2C(=O)c1ccc(=O)[nH]n1. The number of nitrogens with two attached hydrogens (primary N) is 1. The zero-order valence-corrected chi connectivity index (χ0v) is 10.8. The molecule has 0 saturated heterocycles. The van der Waals surface area contributed by atoms with Crippen LogP contribution in [-0.4, -0.2) is 22.6 Å². The van der Waals surface area contributed by atoms with Crippen molar-refractivity contribution >= 4 is 17.3 Å². The Balaban J connectivity index is 1.98. The monoisotopic (exact) mass is 270 g/mol. The zero-order valence-electron chi connectivity index (χ0n) is 10.8. The van der Waals surface area contributed by atoms with Crippen molar-refractivity contribution < 1.29 is 4.79 Å². The number of hydrogen-bond acceptors (Lipinski definition) is 4. The Hall–Kier alpha value is -2.63. The minimum absolute atomic E-state index is 0.216. The fraction of sp³-hybridized carbons (Fsp3) is 0.214. The predicted octanol–water partition coefficient (Wildman–Crippen LogP) is 0.945. The number of nitrogens with one attached hydrogen (secondary N) is 1. The Morgan fingerprint density at radius 2 is 2.15 bits per heavy atom. The fourth-order valence-electron chi connectivity index (χ4n) is 2.43. The smallest absolute Gasteiger partial charge is 0.278 e. The zero-order chi connectivity index (χ0) is 14.1. The van der Waals surface area contributed by atoms with E-state index in [4.69, 9.17) is 5.73 Å². The standard InChI is InChI=1S/C14H14N4O2/c15-10-3-5-12-9(8-10)2-1-7-18(12)14(20)11-4-6-13(19)17-16-11/h3-6,8H,1-2,7,15H2,(H,17,19). The number of carbonyl (C=O) groups excluding carboxylic acids is 1. The molecule has 0 atom stereocenters. The van der Waals surface area contributed by atoms with Crippen LogP contribution < -0.4 is 16.2 Å². The number of aromatic nitrogens is 2. The molecule has 3 rings (SSSR count). The van der Waals surface area contributed by atoms with E-state index in [0.717, 1.165) is 24.1 Å². The molecule has 0 bridgehead atoms. The highest BCUT2D eigenvalue weighted by Crippen LogP contribution is 2.29. The third kappa shape index (κ3) is 2.16. The molecule has 6 nitrogen and oxygen atoms in total. The Morgan fingerprint density at radius 3 is 2.90 bits per heavy atom. The van der Waals surface area contributed by atoms with E-state index >= 15 is 0 Å². The van der Waals surface area contributed by atoms with Crippen molar-refractivity contribution in [1.82, 2.24) is 10.2 Å². The molecule has 0 saturated carbocycles. The maximum atomic E-state index is 12.5. The highest BCUT2D eigenvalue weighted by molar-refractivity contribution is 6.05. The van der Waals surface area contributed by atoms with Crippen molar-refractivity contribution in [3.8, 4) is 0 Å². The number of hydrogen-bond donors (Lipinski definition) is 2. The first kappa shape index (κ1) is 12.4. The minimum atomic E-state index is -0.326. The van der Waals surface area contributed by atoms with Crippen LogP contribution in [0.4, 0.5) is 11.4 Å². The van der Waals surface area contributed by atoms with E-state index in [1.165, 1.54) is 12.1 Å². The first-order valence-corrected chi connectivity index (χ1v) is 6.41. The van der Waals surface area contributed by atoms with E-state index in [2.05, 4.69) is 10.2 Å². The van der Waals surface area contributed by atoms with Gasteiger partial charge in [-0.05, 0) is 42.7 Å². The summed E-state index contributed by atoms with van der Waals surface area (Å²) in [6.07, 6.45) is 1.79. The van der Waals surface area contributed by atoms with Crippen molar-refractivity contribution in [2.45, 2.75) is 12.8 Å². The predicted molar refractivity (Wildman–Crippen MR) is 75.7 cm³/mol. The van der Waals surface area contributed by atoms with Gasteiger partial charge in [0.2, 0.25) is 0 Å². The van der Waals surface area contributed by atoms with Gasteiger partial charge in [0.05, 0.1) is 0 Å². The third-order valence-corrected chi connectivity index (χ3v) is 3.37. The molecule has 2 aromatic rings. The highest BCUT2D eigenvalue weighted by atomic mass is 16.2. The molecule has 0 aliphatic carbocycles. The lowest BCUT2D eigenvalue weighted by Crippen LogP contribution is -2.36. The molecule has 2 heterocycles. The van der Waals surface area contributed by atoms with Gasteiger partial charge in [-0.1, -0.05) is 0 Å². The Bertz CT molecular complexity index is 703. The van der Waals surface area contributed by atoms with Gasteiger partial charge in [0.1, 0.15) is 5.69 Å². The molecule has 1 amide bonds. The lowest BCUT2D eigenvalue weighted by Gasteiger charge is -2.29. The van der Waals surface area contributed by atoms with E-state index in [-0.39, 0.29) is 17.2 Å². The molecular weight excluding hydrogens is 256 g/mol. The van der Waals surface area contributed by atoms with Gasteiger partial charge in [0.25, 0.3) is 11.5 Å². The van der Waals surface area contributed by atoms with Crippen LogP contribution >= 0.6 is 0 Å². The van der Waals surface area contributed by atoms with Gasteiger partial charge >= 0.3 is 0 Å². The molecule has 20 heavy (non-hydrogen) atoms. The van der Waals surface area contributed by atoms with E-state index in [1.807, 2.05) is 12.1 Å². The molecule has 0 unspecified atom stereocenters. The highest BCUT2D eigenvalue weighted by Gasteiger charge is 2.24. The van der Waals surface area contributed by atoms with Gasteiger partial charge in [-0.3, -0.25) is 9.59 Å². The number of anilines is 2. The van der Waals surface area contributed by atoms with Crippen LogP contribution in [0.2, 0.25) is 0 Å². The van der Waals surface area contributed by atoms with Crippen molar-refractivity contribution in [3.05, 3.63) is 51.9 Å². The van der Waals surface area contributed by atoms with E-state index < -0.39 is 0 Å². The quantitative estimate of drug-likeness (QED) is 0.754. The second kappa shape index (κ2) is 4.80. The summed E-state index contributed by atoms with van der Waals surface area (Å²) >= 11 is 0. The van der Waals surface area contributed by atoms with Gasteiger partial charge in [-0.15, -0.1) is 0 Å². The van der Waals surface area contributed by atoms with Crippen LogP contribution in [0.15, 0.2) is 35.1 Å². The van der Waals surface area contributed by atoms with E-state index in [9.17, 15) is 9.59 Å². The average Bonchev–Trinajstić information content (AvgIpc) is 2.46. The van der Waals surface area contributed by atoms with Crippen LogP contribution in [-0.2, 0) is 6.42 Å². The molecule has 1 aromatic carbocycles. The molecule has 102 valence electrons. The van der Waals surface area contributed by atoms with Crippen molar-refractivity contribution in [2.24, 2.45) is 0 Å². The summed E-state index contributed by atoms with van der Waals surface area (Å²) in [4.78, 5) is 25.1. The first-order valence-electron chi connectivity index (χ1n) is 6.41. The topological polar surface area (TPSA) is 92.1 Å². The summed E-state index contributed by atoms with van der Waals surface area (Å²) in [5, 5.41) is 6.07. The summed E-state index contributed by atoms with van der Waals surface area (Å²) in [5.41, 5.74) is 8.30. The average molecular weight is 270 g/mol. The first-order chi connectivity index (χ1) is 9.65. The Kier molecular flexibility index (Phi) is 2.98. The number of amides is 1. The minimum Gasteiger partial charge on any atom is -0.399 e.